The topological polar surface area (TPSA) is 72.2 Å². The lowest BCUT2D eigenvalue weighted by atomic mass is 9.90. The molecule has 2 amide bonds. The summed E-state index contributed by atoms with van der Waals surface area (Å²) in [5.74, 6) is 1.71. The summed E-state index contributed by atoms with van der Waals surface area (Å²) in [6.07, 6.45) is 2.40. The van der Waals surface area contributed by atoms with Crippen LogP contribution >= 0.6 is 0 Å². The molecule has 0 spiro atoms. The molecule has 0 aromatic carbocycles. The molecule has 3 fully saturated rings. The van der Waals surface area contributed by atoms with Crippen molar-refractivity contribution >= 4 is 11.8 Å². The number of nitrogens with one attached hydrogen (secondary N) is 1. The molecule has 18 heavy (non-hydrogen) atoms. The van der Waals surface area contributed by atoms with Crippen LogP contribution in [0.4, 0.5) is 0 Å². The van der Waals surface area contributed by atoms with E-state index in [0.717, 1.165) is 12.3 Å². The zero-order chi connectivity index (χ0) is 13.3. The minimum atomic E-state index is -0.471. The Hall–Kier alpha value is -1.06. The van der Waals surface area contributed by atoms with Gasteiger partial charge in [-0.2, -0.15) is 0 Å². The molecule has 0 saturated heterocycles. The molecule has 3 N–H and O–H groups in total. The number of primary amides is 1. The standard InChI is InChI=1S/C14H22N2O2/c1-13(2)7-4-5-14(3)10(9(7)13)11(14)12(18)16-6-8(15)17/h7,9-11H,4-6H2,1-3H3,(H2,15,17)(H,16,18). The molecule has 4 heteroatoms. The summed E-state index contributed by atoms with van der Waals surface area (Å²) in [5.41, 5.74) is 5.66. The largest absolute Gasteiger partial charge is 0.368 e. The van der Waals surface area contributed by atoms with Gasteiger partial charge in [0.2, 0.25) is 11.8 Å². The zero-order valence-electron chi connectivity index (χ0n) is 11.3. The third kappa shape index (κ3) is 1.38. The maximum absolute atomic E-state index is 12.1. The Kier molecular flexibility index (Phi) is 2.19. The molecule has 3 aliphatic carbocycles. The highest BCUT2D eigenvalue weighted by molar-refractivity contribution is 5.87. The fourth-order valence-corrected chi connectivity index (χ4v) is 4.80. The Labute approximate surface area is 108 Å². The van der Waals surface area contributed by atoms with Crippen molar-refractivity contribution in [2.75, 3.05) is 6.54 Å². The highest BCUT2D eigenvalue weighted by Gasteiger charge is 2.78. The van der Waals surface area contributed by atoms with Gasteiger partial charge in [0.15, 0.2) is 0 Å². The Bertz CT molecular complexity index is 432. The van der Waals surface area contributed by atoms with E-state index >= 15 is 0 Å². The Morgan fingerprint density at radius 3 is 2.56 bits per heavy atom. The van der Waals surface area contributed by atoms with Gasteiger partial charge in [0.1, 0.15) is 0 Å². The lowest BCUT2D eigenvalue weighted by Crippen LogP contribution is -2.35. The third-order valence-corrected chi connectivity index (χ3v) is 5.96. The SMILES string of the molecule is CC1(C)C2CCC3(C)C(C(=O)NCC(N)=O)C3C21. The molecule has 0 aromatic rings. The Balaban J connectivity index is 1.70. The van der Waals surface area contributed by atoms with Crippen LogP contribution in [-0.4, -0.2) is 18.4 Å². The summed E-state index contributed by atoms with van der Waals surface area (Å²) in [6.45, 7) is 6.85. The fourth-order valence-electron chi connectivity index (χ4n) is 4.80. The molecule has 3 aliphatic rings. The number of rotatable bonds is 3. The minimum Gasteiger partial charge on any atom is -0.368 e. The summed E-state index contributed by atoms with van der Waals surface area (Å²) in [7, 11) is 0. The predicted octanol–water partition coefficient (Wildman–Crippen LogP) is 0.906. The van der Waals surface area contributed by atoms with Crippen molar-refractivity contribution in [2.24, 2.45) is 40.2 Å². The monoisotopic (exact) mass is 250 g/mol. The second-order valence-corrected chi connectivity index (χ2v) is 7.19. The molecule has 4 nitrogen and oxygen atoms in total. The van der Waals surface area contributed by atoms with Crippen LogP contribution in [-0.2, 0) is 9.59 Å². The molecule has 0 aromatic heterocycles. The van der Waals surface area contributed by atoms with E-state index in [9.17, 15) is 9.59 Å². The van der Waals surface area contributed by atoms with Crippen molar-refractivity contribution in [1.82, 2.24) is 5.32 Å². The molecule has 0 radical (unpaired) electrons. The minimum absolute atomic E-state index is 0.0321. The molecule has 0 aliphatic heterocycles. The van der Waals surface area contributed by atoms with Crippen molar-refractivity contribution in [3.8, 4) is 0 Å². The van der Waals surface area contributed by atoms with Gasteiger partial charge in [0.25, 0.3) is 0 Å². The number of fused-ring (bicyclic) bond motifs is 3. The molecule has 5 atom stereocenters. The number of carbonyl (C=O) groups excluding carboxylic acids is 2. The molecular formula is C14H22N2O2. The van der Waals surface area contributed by atoms with Gasteiger partial charge >= 0.3 is 0 Å². The predicted molar refractivity (Wildman–Crippen MR) is 67.3 cm³/mol. The number of nitrogens with two attached hydrogens (primary N) is 1. The van der Waals surface area contributed by atoms with Crippen LogP contribution in [0.1, 0.15) is 33.6 Å². The third-order valence-electron chi connectivity index (χ3n) is 5.96. The molecular weight excluding hydrogens is 228 g/mol. The van der Waals surface area contributed by atoms with E-state index < -0.39 is 5.91 Å². The van der Waals surface area contributed by atoms with Crippen molar-refractivity contribution < 1.29 is 9.59 Å². The first kappa shape index (κ1) is 12.0. The zero-order valence-corrected chi connectivity index (χ0v) is 11.3. The van der Waals surface area contributed by atoms with Gasteiger partial charge in [-0.1, -0.05) is 20.8 Å². The number of amides is 2. The van der Waals surface area contributed by atoms with E-state index in [4.69, 9.17) is 5.73 Å². The molecule has 5 unspecified atom stereocenters. The van der Waals surface area contributed by atoms with E-state index in [-0.39, 0.29) is 23.8 Å². The van der Waals surface area contributed by atoms with Crippen LogP contribution in [0.5, 0.6) is 0 Å². The summed E-state index contributed by atoms with van der Waals surface area (Å²) < 4.78 is 0. The number of hydrogen-bond acceptors (Lipinski definition) is 2. The van der Waals surface area contributed by atoms with Gasteiger partial charge in [-0.05, 0) is 41.4 Å². The first-order chi connectivity index (χ1) is 8.30. The summed E-state index contributed by atoms with van der Waals surface area (Å²) in [4.78, 5) is 22.9. The lowest BCUT2D eigenvalue weighted by Gasteiger charge is -2.15. The summed E-state index contributed by atoms with van der Waals surface area (Å²) in [6, 6.07) is 0. The van der Waals surface area contributed by atoms with E-state index in [2.05, 4.69) is 26.1 Å². The second-order valence-electron chi connectivity index (χ2n) is 7.19. The van der Waals surface area contributed by atoms with E-state index in [1.165, 1.54) is 6.42 Å². The van der Waals surface area contributed by atoms with Gasteiger partial charge in [-0.25, -0.2) is 0 Å². The summed E-state index contributed by atoms with van der Waals surface area (Å²) in [5, 5.41) is 2.68. The van der Waals surface area contributed by atoms with E-state index in [1.807, 2.05) is 0 Å². The smallest absolute Gasteiger partial charge is 0.236 e. The van der Waals surface area contributed by atoms with Gasteiger partial charge in [-0.3, -0.25) is 9.59 Å². The van der Waals surface area contributed by atoms with Crippen molar-refractivity contribution in [3.05, 3.63) is 0 Å². The molecule has 100 valence electrons. The van der Waals surface area contributed by atoms with Crippen LogP contribution < -0.4 is 11.1 Å². The van der Waals surface area contributed by atoms with E-state index in [1.54, 1.807) is 0 Å². The van der Waals surface area contributed by atoms with E-state index in [0.29, 0.717) is 17.3 Å². The number of hydrogen-bond donors (Lipinski definition) is 2. The molecule has 0 bridgehead atoms. The Morgan fingerprint density at radius 1 is 1.28 bits per heavy atom. The second kappa shape index (κ2) is 3.28. The van der Waals surface area contributed by atoms with Crippen LogP contribution in [0, 0.1) is 34.5 Å². The highest BCUT2D eigenvalue weighted by Crippen LogP contribution is 2.81. The quantitative estimate of drug-likeness (QED) is 0.781. The van der Waals surface area contributed by atoms with Gasteiger partial charge in [-0.15, -0.1) is 0 Å². The van der Waals surface area contributed by atoms with Crippen LogP contribution in [0.25, 0.3) is 0 Å². The molecule has 3 saturated carbocycles. The van der Waals surface area contributed by atoms with Gasteiger partial charge < -0.3 is 11.1 Å². The average molecular weight is 250 g/mol. The number of carbonyl (C=O) groups is 2. The van der Waals surface area contributed by atoms with Crippen molar-refractivity contribution in [1.29, 1.82) is 0 Å². The van der Waals surface area contributed by atoms with Crippen molar-refractivity contribution in [3.63, 3.8) is 0 Å². The average Bonchev–Trinajstić information content (AvgIpc) is 3.06. The first-order valence-electron chi connectivity index (χ1n) is 6.86. The first-order valence-corrected chi connectivity index (χ1v) is 6.86. The highest BCUT2D eigenvalue weighted by atomic mass is 16.2. The van der Waals surface area contributed by atoms with Crippen LogP contribution in [0.15, 0.2) is 0 Å². The van der Waals surface area contributed by atoms with Gasteiger partial charge in [0.05, 0.1) is 6.54 Å². The Morgan fingerprint density at radius 2 is 1.94 bits per heavy atom. The maximum atomic E-state index is 12.1. The van der Waals surface area contributed by atoms with Crippen LogP contribution in [0.2, 0.25) is 0 Å². The maximum Gasteiger partial charge on any atom is 0.236 e. The van der Waals surface area contributed by atoms with Crippen LogP contribution in [0.3, 0.4) is 0 Å². The normalized spacial score (nSPS) is 46.6. The lowest BCUT2D eigenvalue weighted by molar-refractivity contribution is -0.126. The fraction of sp³-hybridized carbons (Fsp3) is 0.857. The van der Waals surface area contributed by atoms with Crippen molar-refractivity contribution in [2.45, 2.75) is 33.6 Å². The van der Waals surface area contributed by atoms with Gasteiger partial charge in [0, 0.05) is 5.92 Å². The summed E-state index contributed by atoms with van der Waals surface area (Å²) >= 11 is 0. The molecule has 0 heterocycles. The molecule has 3 rings (SSSR count).